The van der Waals surface area contributed by atoms with Gasteiger partial charge in [-0.15, -0.1) is 0 Å². The number of rotatable bonds is 1. The van der Waals surface area contributed by atoms with E-state index in [0.717, 1.165) is 6.54 Å². The van der Waals surface area contributed by atoms with E-state index in [-0.39, 0.29) is 11.8 Å². The number of alkyl halides is 3. The van der Waals surface area contributed by atoms with E-state index in [9.17, 15) is 18.0 Å². The first kappa shape index (κ1) is 10.7. The molecule has 86 valence electrons. The summed E-state index contributed by atoms with van der Waals surface area (Å²) in [5, 5.41) is 5.83. The monoisotopic (exact) mass is 224 g/mol. The van der Waals surface area contributed by atoms with Crippen LogP contribution in [-0.4, -0.2) is 38.0 Å². The van der Waals surface area contributed by atoms with Crippen molar-refractivity contribution in [2.75, 3.05) is 19.6 Å². The van der Waals surface area contributed by atoms with Crippen molar-refractivity contribution in [1.29, 1.82) is 0 Å². The molecule has 0 spiro atoms. The smallest absolute Gasteiger partial charge is 0.440 e. The molecular formula is C8H11F3N2O2. The molecule has 7 heteroatoms. The molecule has 0 aliphatic carbocycles. The maximum atomic E-state index is 11.9. The molecular weight excluding hydrogens is 213 g/mol. The Bertz CT molecular complexity index is 269. The van der Waals surface area contributed by atoms with Gasteiger partial charge in [-0.2, -0.15) is 13.2 Å². The number of hydrogen-bond donors (Lipinski definition) is 2. The van der Waals surface area contributed by atoms with Gasteiger partial charge in [0.05, 0.1) is 0 Å². The highest BCUT2D eigenvalue weighted by molar-refractivity contribution is 5.75. The van der Waals surface area contributed by atoms with E-state index < -0.39 is 18.4 Å². The molecule has 2 rings (SSSR count). The Kier molecular flexibility index (Phi) is 2.59. The molecule has 0 saturated carbocycles. The number of fused-ring (bicyclic) bond motifs is 1. The van der Waals surface area contributed by atoms with Crippen molar-refractivity contribution in [1.82, 2.24) is 10.6 Å². The van der Waals surface area contributed by atoms with E-state index in [4.69, 9.17) is 0 Å². The normalized spacial score (nSPS) is 35.3. The van der Waals surface area contributed by atoms with Gasteiger partial charge in [-0.25, -0.2) is 4.79 Å². The number of carbonyl (C=O) groups is 1. The lowest BCUT2D eigenvalue weighted by Gasteiger charge is -2.18. The molecule has 2 heterocycles. The Morgan fingerprint density at radius 2 is 2.00 bits per heavy atom. The van der Waals surface area contributed by atoms with Crippen LogP contribution >= 0.6 is 0 Å². The van der Waals surface area contributed by atoms with Gasteiger partial charge in [0.1, 0.15) is 0 Å². The highest BCUT2D eigenvalue weighted by Crippen LogP contribution is 2.28. The fourth-order valence-corrected chi connectivity index (χ4v) is 2.06. The minimum Gasteiger partial charge on any atom is -0.440 e. The molecule has 2 aliphatic rings. The van der Waals surface area contributed by atoms with Gasteiger partial charge in [-0.05, 0) is 12.5 Å². The van der Waals surface area contributed by atoms with Gasteiger partial charge in [-0.3, -0.25) is 5.32 Å². The molecule has 2 fully saturated rings. The topological polar surface area (TPSA) is 50.4 Å². The van der Waals surface area contributed by atoms with Gasteiger partial charge in [-0.1, -0.05) is 0 Å². The highest BCUT2D eigenvalue weighted by atomic mass is 19.4. The van der Waals surface area contributed by atoms with Crippen LogP contribution in [0.3, 0.4) is 0 Å². The van der Waals surface area contributed by atoms with Crippen LogP contribution in [0.1, 0.15) is 0 Å². The largest absolute Gasteiger partial charge is 0.490 e. The number of carbonyl (C=O) groups excluding carboxylic acids is 1. The van der Waals surface area contributed by atoms with E-state index in [0.29, 0.717) is 13.1 Å². The molecule has 0 radical (unpaired) electrons. The summed E-state index contributed by atoms with van der Waals surface area (Å²) in [6.07, 6.45) is -5.72. The van der Waals surface area contributed by atoms with E-state index in [1.807, 2.05) is 0 Å². The molecule has 15 heavy (non-hydrogen) atoms. The minimum atomic E-state index is -4.91. The molecule has 3 unspecified atom stereocenters. The number of ether oxygens (including phenoxy) is 1. The van der Waals surface area contributed by atoms with E-state index >= 15 is 0 Å². The van der Waals surface area contributed by atoms with Crippen LogP contribution in [0.25, 0.3) is 0 Å². The van der Waals surface area contributed by atoms with Crippen LogP contribution in [0.2, 0.25) is 0 Å². The lowest BCUT2D eigenvalue weighted by molar-refractivity contribution is -0.207. The van der Waals surface area contributed by atoms with Crippen molar-refractivity contribution in [3.63, 3.8) is 0 Å². The molecule has 3 atom stereocenters. The van der Waals surface area contributed by atoms with Crippen molar-refractivity contribution < 1.29 is 22.7 Å². The van der Waals surface area contributed by atoms with Crippen molar-refractivity contribution in [2.24, 2.45) is 11.8 Å². The lowest BCUT2D eigenvalue weighted by atomic mass is 9.99. The average molecular weight is 224 g/mol. The zero-order valence-electron chi connectivity index (χ0n) is 7.80. The van der Waals surface area contributed by atoms with Crippen LogP contribution in [0.15, 0.2) is 0 Å². The van der Waals surface area contributed by atoms with Gasteiger partial charge >= 0.3 is 12.1 Å². The summed E-state index contributed by atoms with van der Waals surface area (Å²) in [6, 6.07) is 0. The summed E-state index contributed by atoms with van der Waals surface area (Å²) in [4.78, 5) is 10.6. The predicted molar refractivity (Wildman–Crippen MR) is 43.8 cm³/mol. The van der Waals surface area contributed by atoms with Crippen LogP contribution in [0, 0.1) is 11.8 Å². The Morgan fingerprint density at radius 3 is 2.67 bits per heavy atom. The summed E-state index contributed by atoms with van der Waals surface area (Å²) >= 11 is 0. The van der Waals surface area contributed by atoms with Gasteiger partial charge < -0.3 is 10.1 Å². The van der Waals surface area contributed by atoms with Gasteiger partial charge in [0.15, 0.2) is 6.23 Å². The predicted octanol–water partition coefficient (Wildman–Crippen LogP) is -0.143. The lowest BCUT2D eigenvalue weighted by Crippen LogP contribution is -2.39. The fraction of sp³-hybridized carbons (Fsp3) is 0.875. The Balaban J connectivity index is 1.93. The quantitative estimate of drug-likeness (QED) is 0.608. The summed E-state index contributed by atoms with van der Waals surface area (Å²) in [5.41, 5.74) is 0. The first-order valence-corrected chi connectivity index (χ1v) is 4.70. The van der Waals surface area contributed by atoms with Crippen molar-refractivity contribution in [3.05, 3.63) is 0 Å². The third-order valence-electron chi connectivity index (χ3n) is 2.83. The molecule has 0 aromatic rings. The van der Waals surface area contributed by atoms with Crippen LogP contribution < -0.4 is 10.6 Å². The number of halogens is 3. The Labute approximate surface area is 84.2 Å². The summed E-state index contributed by atoms with van der Waals surface area (Å²) in [5.74, 6) is -1.90. The fourth-order valence-electron chi connectivity index (χ4n) is 2.06. The number of hydrogen-bond acceptors (Lipinski definition) is 4. The molecule has 2 aliphatic heterocycles. The molecule has 0 aromatic carbocycles. The number of esters is 1. The molecule has 2 N–H and O–H groups in total. The molecule has 0 amide bonds. The van der Waals surface area contributed by atoms with Crippen LogP contribution in [0.4, 0.5) is 13.2 Å². The first-order valence-electron chi connectivity index (χ1n) is 4.70. The molecule has 0 bridgehead atoms. The van der Waals surface area contributed by atoms with Crippen LogP contribution in [-0.2, 0) is 9.53 Å². The Hall–Kier alpha value is -0.820. The van der Waals surface area contributed by atoms with Gasteiger partial charge in [0.25, 0.3) is 0 Å². The van der Waals surface area contributed by atoms with Crippen LogP contribution in [0.5, 0.6) is 0 Å². The SMILES string of the molecule is O=C(OC1NCC2CNCC21)C(F)(F)F. The van der Waals surface area contributed by atoms with Crippen molar-refractivity contribution >= 4 is 5.97 Å². The highest BCUT2D eigenvalue weighted by Gasteiger charge is 2.47. The Morgan fingerprint density at radius 1 is 1.27 bits per heavy atom. The van der Waals surface area contributed by atoms with E-state index in [1.165, 1.54) is 0 Å². The maximum absolute atomic E-state index is 11.9. The van der Waals surface area contributed by atoms with Crippen molar-refractivity contribution in [3.8, 4) is 0 Å². The van der Waals surface area contributed by atoms with Gasteiger partial charge in [0, 0.05) is 19.0 Å². The standard InChI is InChI=1S/C8H11F3N2O2/c9-8(10,11)7(14)15-6-5-3-12-1-4(5)2-13-6/h4-6,12-13H,1-3H2. The number of nitrogens with one attached hydrogen (secondary N) is 2. The summed E-state index contributed by atoms with van der Waals surface area (Å²) in [7, 11) is 0. The minimum absolute atomic E-state index is 0.0451. The maximum Gasteiger partial charge on any atom is 0.490 e. The van der Waals surface area contributed by atoms with E-state index in [1.54, 1.807) is 0 Å². The second-order valence-corrected chi connectivity index (χ2v) is 3.81. The van der Waals surface area contributed by atoms with Gasteiger partial charge in [0.2, 0.25) is 0 Å². The van der Waals surface area contributed by atoms with E-state index in [2.05, 4.69) is 15.4 Å². The summed E-state index contributed by atoms with van der Waals surface area (Å²) < 4.78 is 40.2. The molecule has 2 saturated heterocycles. The zero-order valence-corrected chi connectivity index (χ0v) is 7.80. The molecule has 0 aromatic heterocycles. The first-order chi connectivity index (χ1) is 6.98. The second kappa shape index (κ2) is 3.64. The second-order valence-electron chi connectivity index (χ2n) is 3.81. The molecule has 4 nitrogen and oxygen atoms in total. The summed E-state index contributed by atoms with van der Waals surface area (Å²) in [6.45, 7) is 1.94. The zero-order chi connectivity index (χ0) is 11.1. The average Bonchev–Trinajstić information content (AvgIpc) is 2.67. The third kappa shape index (κ3) is 2.07. The van der Waals surface area contributed by atoms with Crippen molar-refractivity contribution in [2.45, 2.75) is 12.4 Å². The third-order valence-corrected chi connectivity index (χ3v) is 2.83.